The molecule has 0 spiro atoms. The zero-order valence-corrected chi connectivity index (χ0v) is 15.6. The van der Waals surface area contributed by atoms with Crippen molar-refractivity contribution in [2.24, 2.45) is 5.92 Å². The average molecular weight is 366 g/mol. The molecule has 2 aromatic carbocycles. The number of hydrogen-bond acceptors (Lipinski definition) is 3. The monoisotopic (exact) mass is 366 g/mol. The van der Waals surface area contributed by atoms with Crippen molar-refractivity contribution in [1.82, 2.24) is 10.2 Å². The van der Waals surface area contributed by atoms with Gasteiger partial charge in [-0.2, -0.15) is 0 Å². The third kappa shape index (κ3) is 3.31. The zero-order chi connectivity index (χ0) is 18.2. The quantitative estimate of drug-likeness (QED) is 0.894. The third-order valence-electron chi connectivity index (χ3n) is 6.65. The molecule has 3 aliphatic rings. The molecular weight excluding hydrogens is 339 g/mol. The van der Waals surface area contributed by atoms with Crippen molar-refractivity contribution in [2.45, 2.75) is 30.8 Å². The van der Waals surface area contributed by atoms with Gasteiger partial charge in [0.05, 0.1) is 0 Å². The summed E-state index contributed by atoms with van der Waals surface area (Å²) in [5.74, 6) is 1.23. The van der Waals surface area contributed by atoms with E-state index < -0.39 is 0 Å². The van der Waals surface area contributed by atoms with Gasteiger partial charge in [-0.3, -0.25) is 4.90 Å². The Morgan fingerprint density at radius 3 is 2.41 bits per heavy atom. The molecule has 3 nitrogen and oxygen atoms in total. The molecule has 0 aliphatic carbocycles. The molecule has 142 valence electrons. The van der Waals surface area contributed by atoms with Crippen LogP contribution >= 0.6 is 0 Å². The number of fused-ring (bicyclic) bond motifs is 2. The van der Waals surface area contributed by atoms with Crippen LogP contribution in [0.15, 0.2) is 48.5 Å². The maximum atomic E-state index is 13.5. The average Bonchev–Trinajstić information content (AvgIpc) is 2.73. The van der Waals surface area contributed by atoms with Crippen LogP contribution in [-0.4, -0.2) is 49.8 Å². The van der Waals surface area contributed by atoms with Crippen LogP contribution in [0.1, 0.15) is 24.3 Å². The van der Waals surface area contributed by atoms with E-state index in [2.05, 4.69) is 34.5 Å². The van der Waals surface area contributed by atoms with Crippen LogP contribution in [0.5, 0.6) is 0 Å². The van der Waals surface area contributed by atoms with Gasteiger partial charge in [-0.25, -0.2) is 4.39 Å². The van der Waals surface area contributed by atoms with Crippen LogP contribution in [0.3, 0.4) is 0 Å². The molecule has 1 unspecified atom stereocenters. The minimum absolute atomic E-state index is 0.181. The van der Waals surface area contributed by atoms with E-state index in [0.29, 0.717) is 18.0 Å². The molecule has 3 fully saturated rings. The molecule has 1 N–H and O–H groups in total. The molecule has 4 heteroatoms. The van der Waals surface area contributed by atoms with Gasteiger partial charge in [0.15, 0.2) is 0 Å². The van der Waals surface area contributed by atoms with Crippen molar-refractivity contribution < 1.29 is 9.13 Å². The van der Waals surface area contributed by atoms with Crippen molar-refractivity contribution in [3.8, 4) is 11.1 Å². The molecule has 0 radical (unpaired) electrons. The Labute approximate surface area is 160 Å². The summed E-state index contributed by atoms with van der Waals surface area (Å²) in [7, 11) is 0. The molecule has 2 bridgehead atoms. The van der Waals surface area contributed by atoms with Gasteiger partial charge in [0.25, 0.3) is 0 Å². The highest BCUT2D eigenvalue weighted by atomic mass is 19.1. The fraction of sp³-hybridized carbons (Fsp3) is 0.478. The number of likely N-dealkylation sites (tertiary alicyclic amines) is 1. The summed E-state index contributed by atoms with van der Waals surface area (Å²) < 4.78 is 19.0. The highest BCUT2D eigenvalue weighted by Gasteiger charge is 2.51. The van der Waals surface area contributed by atoms with E-state index in [-0.39, 0.29) is 5.82 Å². The Hall–Kier alpha value is -1.75. The van der Waals surface area contributed by atoms with E-state index in [4.69, 9.17) is 4.74 Å². The minimum Gasteiger partial charge on any atom is -0.381 e. The number of piperidine rings is 1. The molecule has 3 heterocycles. The van der Waals surface area contributed by atoms with Crippen LogP contribution in [0.2, 0.25) is 0 Å². The molecule has 27 heavy (non-hydrogen) atoms. The largest absolute Gasteiger partial charge is 0.381 e. The molecule has 2 aromatic rings. The summed E-state index contributed by atoms with van der Waals surface area (Å²) in [5.41, 5.74) is 3.45. The van der Waals surface area contributed by atoms with Crippen molar-refractivity contribution in [3.05, 3.63) is 59.9 Å². The van der Waals surface area contributed by atoms with Crippen LogP contribution < -0.4 is 5.32 Å². The number of piperazine rings is 1. The molecule has 0 amide bonds. The van der Waals surface area contributed by atoms with E-state index in [1.807, 2.05) is 6.07 Å². The first-order valence-electron chi connectivity index (χ1n) is 10.2. The number of benzene rings is 2. The van der Waals surface area contributed by atoms with Crippen molar-refractivity contribution in [2.75, 3.05) is 32.8 Å². The van der Waals surface area contributed by atoms with Gasteiger partial charge in [0.1, 0.15) is 5.82 Å². The van der Waals surface area contributed by atoms with Gasteiger partial charge >= 0.3 is 0 Å². The number of ether oxygens (including phenoxy) is 1. The topological polar surface area (TPSA) is 24.5 Å². The van der Waals surface area contributed by atoms with Crippen molar-refractivity contribution in [3.63, 3.8) is 0 Å². The standard InChI is InChI=1S/C23H27FN2O/c24-20-3-1-2-19(12-20)17-4-6-18(7-5-17)23-21-13-25-14-22(23)26(21)15-16-8-10-27-11-9-16/h1-7,12,16,21-23,25H,8-11,13-15H2/t21-,22+,23?. The Bertz CT molecular complexity index is 775. The summed E-state index contributed by atoms with van der Waals surface area (Å²) in [5, 5.41) is 3.59. The smallest absolute Gasteiger partial charge is 0.123 e. The number of nitrogens with one attached hydrogen (secondary N) is 1. The SMILES string of the molecule is Fc1cccc(-c2ccc(C3[C@H]4CNC[C@@H]3N4CC3CCOCC3)cc2)c1. The Morgan fingerprint density at radius 2 is 1.70 bits per heavy atom. The van der Waals surface area contributed by atoms with E-state index in [0.717, 1.165) is 43.3 Å². The molecule has 3 atom stereocenters. The maximum Gasteiger partial charge on any atom is 0.123 e. The van der Waals surface area contributed by atoms with Gasteiger partial charge in [0, 0.05) is 50.8 Å². The van der Waals surface area contributed by atoms with Crippen LogP contribution in [0, 0.1) is 11.7 Å². The van der Waals surface area contributed by atoms with Crippen LogP contribution in [-0.2, 0) is 4.74 Å². The summed E-state index contributed by atoms with van der Waals surface area (Å²) in [6.45, 7) is 5.23. The zero-order valence-electron chi connectivity index (χ0n) is 15.6. The predicted octanol–water partition coefficient (Wildman–Crippen LogP) is 3.66. The fourth-order valence-corrected chi connectivity index (χ4v) is 5.19. The third-order valence-corrected chi connectivity index (χ3v) is 6.65. The van der Waals surface area contributed by atoms with Gasteiger partial charge in [-0.05, 0) is 47.6 Å². The summed E-state index contributed by atoms with van der Waals surface area (Å²) >= 11 is 0. The second-order valence-corrected chi connectivity index (χ2v) is 8.20. The molecule has 5 rings (SSSR count). The highest BCUT2D eigenvalue weighted by Crippen LogP contribution is 2.43. The molecule has 0 aromatic heterocycles. The van der Waals surface area contributed by atoms with Crippen LogP contribution in [0.4, 0.5) is 4.39 Å². The Morgan fingerprint density at radius 1 is 0.963 bits per heavy atom. The maximum absolute atomic E-state index is 13.5. The lowest BCUT2D eigenvalue weighted by Gasteiger charge is -2.60. The number of hydrogen-bond donors (Lipinski definition) is 1. The van der Waals surface area contributed by atoms with E-state index in [9.17, 15) is 4.39 Å². The molecule has 3 saturated heterocycles. The van der Waals surface area contributed by atoms with Gasteiger partial charge in [0.2, 0.25) is 0 Å². The summed E-state index contributed by atoms with van der Waals surface area (Å²) in [6.07, 6.45) is 2.41. The normalized spacial score (nSPS) is 28.7. The number of nitrogens with zero attached hydrogens (tertiary/aromatic N) is 1. The van der Waals surface area contributed by atoms with E-state index in [1.54, 1.807) is 12.1 Å². The lowest BCUT2D eigenvalue weighted by Crippen LogP contribution is -2.73. The first kappa shape index (κ1) is 17.4. The first-order chi connectivity index (χ1) is 13.3. The molecular formula is C23H27FN2O. The first-order valence-corrected chi connectivity index (χ1v) is 10.2. The second kappa shape index (κ2) is 7.34. The van der Waals surface area contributed by atoms with Crippen molar-refractivity contribution >= 4 is 0 Å². The van der Waals surface area contributed by atoms with Crippen LogP contribution in [0.25, 0.3) is 11.1 Å². The number of rotatable bonds is 4. The van der Waals surface area contributed by atoms with Gasteiger partial charge in [-0.15, -0.1) is 0 Å². The lowest BCUT2D eigenvalue weighted by atomic mass is 9.71. The van der Waals surface area contributed by atoms with Crippen molar-refractivity contribution in [1.29, 1.82) is 0 Å². The van der Waals surface area contributed by atoms with Gasteiger partial charge < -0.3 is 10.1 Å². The highest BCUT2D eigenvalue weighted by molar-refractivity contribution is 5.63. The second-order valence-electron chi connectivity index (χ2n) is 8.20. The summed E-state index contributed by atoms with van der Waals surface area (Å²) in [6, 6.07) is 16.8. The minimum atomic E-state index is -0.181. The van der Waals surface area contributed by atoms with E-state index in [1.165, 1.54) is 31.0 Å². The predicted molar refractivity (Wildman–Crippen MR) is 105 cm³/mol. The Balaban J connectivity index is 1.30. The fourth-order valence-electron chi connectivity index (χ4n) is 5.19. The number of halogens is 1. The summed E-state index contributed by atoms with van der Waals surface area (Å²) in [4.78, 5) is 2.73. The lowest BCUT2D eigenvalue weighted by molar-refractivity contribution is -0.0628. The molecule has 0 saturated carbocycles. The van der Waals surface area contributed by atoms with E-state index >= 15 is 0 Å². The Kier molecular flexibility index (Phi) is 4.72. The van der Waals surface area contributed by atoms with Gasteiger partial charge in [-0.1, -0.05) is 36.4 Å². The molecule has 3 aliphatic heterocycles.